The van der Waals surface area contributed by atoms with Crippen LogP contribution in [0.3, 0.4) is 0 Å². The molecule has 0 atom stereocenters. The van der Waals surface area contributed by atoms with E-state index in [1.165, 1.54) is 0 Å². The van der Waals surface area contributed by atoms with Gasteiger partial charge in [0, 0.05) is 11.8 Å². The number of anilines is 1. The van der Waals surface area contributed by atoms with E-state index in [0.29, 0.717) is 36.1 Å². The summed E-state index contributed by atoms with van der Waals surface area (Å²) in [6.07, 6.45) is 0.0846. The van der Waals surface area contributed by atoms with Crippen LogP contribution < -0.4 is 19.5 Å². The van der Waals surface area contributed by atoms with Gasteiger partial charge in [0.15, 0.2) is 18.1 Å². The molecule has 1 aliphatic heterocycles. The number of methoxy groups -OCH3 is 1. The van der Waals surface area contributed by atoms with Crippen LogP contribution in [0.25, 0.3) is 0 Å². The van der Waals surface area contributed by atoms with Crippen molar-refractivity contribution in [3.8, 4) is 17.2 Å². The zero-order chi connectivity index (χ0) is 18.4. The van der Waals surface area contributed by atoms with Gasteiger partial charge in [-0.3, -0.25) is 9.59 Å². The minimum Gasteiger partial charge on any atom is -0.497 e. The Morgan fingerprint density at radius 2 is 1.77 bits per heavy atom. The van der Waals surface area contributed by atoms with E-state index in [2.05, 4.69) is 5.32 Å². The molecule has 0 unspecified atom stereocenters. The van der Waals surface area contributed by atoms with E-state index in [-0.39, 0.29) is 13.0 Å². The highest BCUT2D eigenvalue weighted by Crippen LogP contribution is 2.32. The molecule has 0 aromatic heterocycles. The highest BCUT2D eigenvalue weighted by Gasteiger charge is 2.14. The normalized spacial score (nSPS) is 12.2. The third-order valence-electron chi connectivity index (χ3n) is 3.70. The standard InChI is InChI=1S/C19H19NO6/c1-23-15-5-2-13(3-6-15)10-19(22)26-12-18(21)20-14-4-7-16-17(11-14)25-9-8-24-16/h2-7,11H,8-10,12H2,1H3,(H,20,21). The fourth-order valence-electron chi connectivity index (χ4n) is 2.43. The second kappa shape index (κ2) is 8.24. The summed E-state index contributed by atoms with van der Waals surface area (Å²) in [6.45, 7) is 0.611. The summed E-state index contributed by atoms with van der Waals surface area (Å²) >= 11 is 0. The number of amides is 1. The maximum absolute atomic E-state index is 11.9. The van der Waals surface area contributed by atoms with Crippen molar-refractivity contribution in [1.29, 1.82) is 0 Å². The molecule has 26 heavy (non-hydrogen) atoms. The number of ether oxygens (including phenoxy) is 4. The molecule has 2 aromatic carbocycles. The first-order valence-corrected chi connectivity index (χ1v) is 8.12. The molecule has 1 aliphatic rings. The molecule has 136 valence electrons. The topological polar surface area (TPSA) is 83.1 Å². The number of fused-ring (bicyclic) bond motifs is 1. The van der Waals surface area contributed by atoms with E-state index in [0.717, 1.165) is 5.56 Å². The van der Waals surface area contributed by atoms with Crippen molar-refractivity contribution in [2.75, 3.05) is 32.2 Å². The minimum absolute atomic E-state index is 0.0846. The lowest BCUT2D eigenvalue weighted by molar-refractivity contribution is -0.146. The van der Waals surface area contributed by atoms with Crippen molar-refractivity contribution in [3.05, 3.63) is 48.0 Å². The van der Waals surface area contributed by atoms with Crippen molar-refractivity contribution in [2.45, 2.75) is 6.42 Å². The lowest BCUT2D eigenvalue weighted by atomic mass is 10.1. The van der Waals surface area contributed by atoms with Crippen LogP contribution in [0.5, 0.6) is 17.2 Å². The predicted molar refractivity (Wildman–Crippen MR) is 93.7 cm³/mol. The highest BCUT2D eigenvalue weighted by molar-refractivity contribution is 5.93. The average Bonchev–Trinajstić information content (AvgIpc) is 2.67. The number of esters is 1. The molecule has 0 saturated heterocycles. The maximum Gasteiger partial charge on any atom is 0.310 e. The predicted octanol–water partition coefficient (Wildman–Crippen LogP) is 2.19. The molecule has 0 aliphatic carbocycles. The van der Waals surface area contributed by atoms with Gasteiger partial charge in [-0.05, 0) is 29.8 Å². The second-order valence-electron chi connectivity index (χ2n) is 5.59. The molecule has 7 heteroatoms. The van der Waals surface area contributed by atoms with E-state index in [4.69, 9.17) is 18.9 Å². The van der Waals surface area contributed by atoms with E-state index in [1.54, 1.807) is 49.6 Å². The molecule has 1 heterocycles. The van der Waals surface area contributed by atoms with Gasteiger partial charge in [0.25, 0.3) is 5.91 Å². The van der Waals surface area contributed by atoms with Gasteiger partial charge in [0.1, 0.15) is 19.0 Å². The number of rotatable bonds is 6. The van der Waals surface area contributed by atoms with Crippen molar-refractivity contribution in [3.63, 3.8) is 0 Å². The maximum atomic E-state index is 11.9. The molecule has 1 amide bonds. The molecule has 0 radical (unpaired) electrons. The quantitative estimate of drug-likeness (QED) is 0.798. The molecule has 0 bridgehead atoms. The number of hydrogen-bond donors (Lipinski definition) is 1. The fraction of sp³-hybridized carbons (Fsp3) is 0.263. The van der Waals surface area contributed by atoms with Crippen molar-refractivity contribution in [1.82, 2.24) is 0 Å². The Balaban J connectivity index is 1.46. The minimum atomic E-state index is -0.479. The van der Waals surface area contributed by atoms with Crippen molar-refractivity contribution in [2.24, 2.45) is 0 Å². The summed E-state index contributed by atoms with van der Waals surface area (Å²) in [5.74, 6) is 1.02. The van der Waals surface area contributed by atoms with Crippen LogP contribution in [0.15, 0.2) is 42.5 Å². The van der Waals surface area contributed by atoms with Gasteiger partial charge >= 0.3 is 5.97 Å². The summed E-state index contributed by atoms with van der Waals surface area (Å²) in [4.78, 5) is 23.8. The third kappa shape index (κ3) is 4.66. The van der Waals surface area contributed by atoms with E-state index < -0.39 is 11.9 Å². The van der Waals surface area contributed by atoms with Gasteiger partial charge in [-0.25, -0.2) is 0 Å². The van der Waals surface area contributed by atoms with Crippen molar-refractivity contribution < 1.29 is 28.5 Å². The number of benzene rings is 2. The average molecular weight is 357 g/mol. The molecule has 0 fully saturated rings. The van der Waals surface area contributed by atoms with E-state index >= 15 is 0 Å². The Hall–Kier alpha value is -3.22. The zero-order valence-electron chi connectivity index (χ0n) is 14.3. The molecule has 1 N–H and O–H groups in total. The zero-order valence-corrected chi connectivity index (χ0v) is 14.3. The largest absolute Gasteiger partial charge is 0.497 e. The van der Waals surface area contributed by atoms with E-state index in [9.17, 15) is 9.59 Å². The first kappa shape index (κ1) is 17.6. The number of hydrogen-bond acceptors (Lipinski definition) is 6. The van der Waals surface area contributed by atoms with Crippen LogP contribution >= 0.6 is 0 Å². The van der Waals surface area contributed by atoms with Crippen LogP contribution in [0, 0.1) is 0 Å². The van der Waals surface area contributed by atoms with E-state index in [1.807, 2.05) is 0 Å². The number of carbonyl (C=O) groups is 2. The van der Waals surface area contributed by atoms with Gasteiger partial charge in [-0.2, -0.15) is 0 Å². The van der Waals surface area contributed by atoms with Crippen LogP contribution in [0.1, 0.15) is 5.56 Å². The Kier molecular flexibility index (Phi) is 5.58. The molecule has 3 rings (SSSR count). The first-order valence-electron chi connectivity index (χ1n) is 8.12. The summed E-state index contributed by atoms with van der Waals surface area (Å²) in [5, 5.41) is 2.66. The smallest absolute Gasteiger partial charge is 0.310 e. The van der Waals surface area contributed by atoms with Gasteiger partial charge < -0.3 is 24.3 Å². The van der Waals surface area contributed by atoms with Crippen molar-refractivity contribution >= 4 is 17.6 Å². The summed E-state index contributed by atoms with van der Waals surface area (Å²) < 4.78 is 20.9. The highest BCUT2D eigenvalue weighted by atomic mass is 16.6. The number of carbonyl (C=O) groups excluding carboxylic acids is 2. The molecule has 0 saturated carbocycles. The molecule has 7 nitrogen and oxygen atoms in total. The third-order valence-corrected chi connectivity index (χ3v) is 3.70. The van der Waals surface area contributed by atoms with Gasteiger partial charge in [0.2, 0.25) is 0 Å². The number of nitrogens with one attached hydrogen (secondary N) is 1. The molecular formula is C19H19NO6. The molecule has 0 spiro atoms. The summed E-state index contributed by atoms with van der Waals surface area (Å²) in [6, 6.07) is 12.2. The lowest BCUT2D eigenvalue weighted by Crippen LogP contribution is -2.22. The van der Waals surface area contributed by atoms with Gasteiger partial charge in [-0.1, -0.05) is 12.1 Å². The SMILES string of the molecule is COc1ccc(CC(=O)OCC(=O)Nc2ccc3c(c2)OCCO3)cc1. The van der Waals surface area contributed by atoms with Crippen LogP contribution in [0.4, 0.5) is 5.69 Å². The lowest BCUT2D eigenvalue weighted by Gasteiger charge is -2.19. The van der Waals surface area contributed by atoms with Crippen LogP contribution in [-0.4, -0.2) is 38.8 Å². The second-order valence-corrected chi connectivity index (χ2v) is 5.59. The monoisotopic (exact) mass is 357 g/mol. The summed E-state index contributed by atoms with van der Waals surface area (Å²) in [5.41, 5.74) is 1.33. The first-order chi connectivity index (χ1) is 12.6. The van der Waals surface area contributed by atoms with Gasteiger partial charge in [0.05, 0.1) is 13.5 Å². The van der Waals surface area contributed by atoms with Gasteiger partial charge in [-0.15, -0.1) is 0 Å². The Labute approximate surface area is 150 Å². The van der Waals surface area contributed by atoms with Crippen LogP contribution in [0.2, 0.25) is 0 Å². The molecule has 2 aromatic rings. The van der Waals surface area contributed by atoms with Crippen LogP contribution in [-0.2, 0) is 20.7 Å². The molecular weight excluding hydrogens is 338 g/mol. The Morgan fingerprint density at radius 3 is 2.50 bits per heavy atom. The fourth-order valence-corrected chi connectivity index (χ4v) is 2.43. The Bertz CT molecular complexity index is 787. The Morgan fingerprint density at radius 1 is 1.04 bits per heavy atom. The summed E-state index contributed by atoms with van der Waals surface area (Å²) in [7, 11) is 1.57.